The van der Waals surface area contributed by atoms with Gasteiger partial charge in [0.2, 0.25) is 0 Å². The zero-order valence-corrected chi connectivity index (χ0v) is 14.7. The first kappa shape index (κ1) is 18.9. The van der Waals surface area contributed by atoms with Crippen LogP contribution in [0.4, 0.5) is 9.59 Å². The molecule has 2 saturated carbocycles. The fourth-order valence-electron chi connectivity index (χ4n) is 3.32. The zero-order valence-electron chi connectivity index (χ0n) is 14.7. The highest BCUT2D eigenvalue weighted by Crippen LogP contribution is 2.22. The average molecular weight is 342 g/mol. The second-order valence-corrected chi connectivity index (χ2v) is 6.74. The second-order valence-electron chi connectivity index (χ2n) is 6.74. The van der Waals surface area contributed by atoms with E-state index in [2.05, 4.69) is 0 Å². The summed E-state index contributed by atoms with van der Waals surface area (Å²) in [6, 6.07) is 0. The molecule has 2 rings (SSSR count). The van der Waals surface area contributed by atoms with Gasteiger partial charge in [-0.1, -0.05) is 19.8 Å². The summed E-state index contributed by atoms with van der Waals surface area (Å²) in [6.45, 7) is 2.00. The number of carbonyl (C=O) groups is 2. The molecule has 2 fully saturated rings. The molecule has 6 heteroatoms. The first-order valence-corrected chi connectivity index (χ1v) is 9.38. The summed E-state index contributed by atoms with van der Waals surface area (Å²) in [6.07, 6.45) is 8.72. The van der Waals surface area contributed by atoms with E-state index in [0.29, 0.717) is 6.42 Å². The highest BCUT2D eigenvalue weighted by atomic mass is 16.8. The van der Waals surface area contributed by atoms with Gasteiger partial charge >= 0.3 is 12.3 Å². The monoisotopic (exact) mass is 342 g/mol. The van der Waals surface area contributed by atoms with Gasteiger partial charge in [-0.25, -0.2) is 9.59 Å². The Morgan fingerprint density at radius 1 is 0.875 bits per heavy atom. The number of ether oxygens (including phenoxy) is 4. The van der Waals surface area contributed by atoms with Crippen molar-refractivity contribution in [3.8, 4) is 0 Å². The Kier molecular flexibility index (Phi) is 8.19. The van der Waals surface area contributed by atoms with Crippen molar-refractivity contribution < 1.29 is 28.5 Å². The molecule has 0 aromatic rings. The molecule has 0 bridgehead atoms. The van der Waals surface area contributed by atoms with Crippen molar-refractivity contribution in [1.82, 2.24) is 0 Å². The van der Waals surface area contributed by atoms with Gasteiger partial charge in [-0.15, -0.1) is 0 Å². The lowest BCUT2D eigenvalue weighted by atomic mass is 9.98. The van der Waals surface area contributed by atoms with E-state index in [1.807, 2.05) is 6.92 Å². The molecular weight excluding hydrogens is 312 g/mol. The Labute approximate surface area is 144 Å². The third-order valence-corrected chi connectivity index (χ3v) is 4.64. The first-order valence-electron chi connectivity index (χ1n) is 9.38. The van der Waals surface area contributed by atoms with Crippen molar-refractivity contribution in [2.24, 2.45) is 0 Å². The average Bonchev–Trinajstić information content (AvgIpc) is 3.06. The van der Waals surface area contributed by atoms with Crippen LogP contribution >= 0.6 is 0 Å². The third kappa shape index (κ3) is 6.97. The second kappa shape index (κ2) is 10.4. The van der Waals surface area contributed by atoms with Crippen LogP contribution in [0, 0.1) is 0 Å². The molecular formula is C18H30O6. The summed E-state index contributed by atoms with van der Waals surface area (Å²) in [7, 11) is 0. The minimum atomic E-state index is -0.671. The molecule has 2 aliphatic carbocycles. The molecule has 0 spiro atoms. The fraction of sp³-hybridized carbons (Fsp3) is 0.889. The Bertz CT molecular complexity index is 385. The lowest BCUT2D eigenvalue weighted by Gasteiger charge is -2.22. The standard InChI is InChI=1S/C18H30O6/c1-2-8-16(24-18(20)23-15-11-6-7-12-15)13-21-17(19)22-14-9-4-3-5-10-14/h14-16H,2-13H2,1H3. The summed E-state index contributed by atoms with van der Waals surface area (Å²) >= 11 is 0. The van der Waals surface area contributed by atoms with Gasteiger partial charge in [0.15, 0.2) is 0 Å². The molecule has 138 valence electrons. The van der Waals surface area contributed by atoms with Crippen molar-refractivity contribution in [3.05, 3.63) is 0 Å². The lowest BCUT2D eigenvalue weighted by Crippen LogP contribution is -2.29. The van der Waals surface area contributed by atoms with Gasteiger partial charge in [-0.3, -0.25) is 0 Å². The molecule has 1 unspecified atom stereocenters. The fourth-order valence-corrected chi connectivity index (χ4v) is 3.32. The van der Waals surface area contributed by atoms with Crippen LogP contribution in [0.15, 0.2) is 0 Å². The SMILES string of the molecule is CCCC(COC(=O)OC1CCCCC1)OC(=O)OC1CCCC1. The number of rotatable bonds is 7. The molecule has 0 heterocycles. The normalized spacial score (nSPS) is 20.4. The van der Waals surface area contributed by atoms with Crippen molar-refractivity contribution in [2.75, 3.05) is 6.61 Å². The van der Waals surface area contributed by atoms with E-state index >= 15 is 0 Å². The van der Waals surface area contributed by atoms with Crippen molar-refractivity contribution in [2.45, 2.75) is 95.9 Å². The predicted molar refractivity (Wildman–Crippen MR) is 87.8 cm³/mol. The van der Waals surface area contributed by atoms with Crippen LogP contribution in [0.1, 0.15) is 77.6 Å². The first-order chi connectivity index (χ1) is 11.7. The molecule has 0 N–H and O–H groups in total. The number of carbonyl (C=O) groups excluding carboxylic acids is 2. The van der Waals surface area contributed by atoms with E-state index < -0.39 is 18.4 Å². The largest absolute Gasteiger partial charge is 0.508 e. The molecule has 0 radical (unpaired) electrons. The third-order valence-electron chi connectivity index (χ3n) is 4.64. The van der Waals surface area contributed by atoms with Crippen LogP contribution < -0.4 is 0 Å². The van der Waals surface area contributed by atoms with Crippen molar-refractivity contribution in [1.29, 1.82) is 0 Å². The van der Waals surface area contributed by atoms with Crippen LogP contribution in [-0.2, 0) is 18.9 Å². The van der Waals surface area contributed by atoms with Gasteiger partial charge in [-0.2, -0.15) is 0 Å². The van der Waals surface area contributed by atoms with Gasteiger partial charge in [0.1, 0.15) is 24.9 Å². The molecule has 0 aliphatic heterocycles. The molecule has 2 aliphatic rings. The highest BCUT2D eigenvalue weighted by molar-refractivity contribution is 5.61. The van der Waals surface area contributed by atoms with Crippen LogP contribution in [0.3, 0.4) is 0 Å². The van der Waals surface area contributed by atoms with Crippen LogP contribution in [-0.4, -0.2) is 37.2 Å². The number of hydrogen-bond donors (Lipinski definition) is 0. The summed E-state index contributed by atoms with van der Waals surface area (Å²) in [5, 5.41) is 0. The Balaban J connectivity index is 1.67. The van der Waals surface area contributed by atoms with Gasteiger partial charge in [-0.05, 0) is 57.8 Å². The minimum absolute atomic E-state index is 0.0131. The van der Waals surface area contributed by atoms with E-state index in [1.54, 1.807) is 0 Å². The molecule has 1 atom stereocenters. The Morgan fingerprint density at radius 3 is 2.00 bits per heavy atom. The maximum absolute atomic E-state index is 11.8. The van der Waals surface area contributed by atoms with Crippen LogP contribution in [0.5, 0.6) is 0 Å². The van der Waals surface area contributed by atoms with E-state index in [4.69, 9.17) is 18.9 Å². The zero-order chi connectivity index (χ0) is 17.2. The van der Waals surface area contributed by atoms with Gasteiger partial charge in [0.25, 0.3) is 0 Å². The van der Waals surface area contributed by atoms with Crippen molar-refractivity contribution in [3.63, 3.8) is 0 Å². The van der Waals surface area contributed by atoms with E-state index in [1.165, 1.54) is 6.42 Å². The lowest BCUT2D eigenvalue weighted by molar-refractivity contribution is -0.0398. The van der Waals surface area contributed by atoms with Crippen LogP contribution in [0.2, 0.25) is 0 Å². The molecule has 0 saturated heterocycles. The Morgan fingerprint density at radius 2 is 1.42 bits per heavy atom. The van der Waals surface area contributed by atoms with E-state index in [9.17, 15) is 9.59 Å². The topological polar surface area (TPSA) is 71.1 Å². The molecule has 0 aromatic carbocycles. The van der Waals surface area contributed by atoms with E-state index in [0.717, 1.165) is 57.8 Å². The van der Waals surface area contributed by atoms with E-state index in [-0.39, 0.29) is 18.8 Å². The molecule has 0 amide bonds. The quantitative estimate of drug-likeness (QED) is 0.623. The van der Waals surface area contributed by atoms with Gasteiger partial charge in [0.05, 0.1) is 0 Å². The smallest absolute Gasteiger partial charge is 0.431 e. The number of hydrogen-bond acceptors (Lipinski definition) is 6. The van der Waals surface area contributed by atoms with Gasteiger partial charge in [0, 0.05) is 0 Å². The maximum Gasteiger partial charge on any atom is 0.508 e. The Hall–Kier alpha value is -1.46. The predicted octanol–water partition coefficient (Wildman–Crippen LogP) is 4.74. The van der Waals surface area contributed by atoms with Gasteiger partial charge < -0.3 is 18.9 Å². The molecule has 24 heavy (non-hydrogen) atoms. The summed E-state index contributed by atoms with van der Waals surface area (Å²) in [5.41, 5.74) is 0. The molecule has 6 nitrogen and oxygen atoms in total. The summed E-state index contributed by atoms with van der Waals surface area (Å²) in [5.74, 6) is 0. The highest BCUT2D eigenvalue weighted by Gasteiger charge is 2.24. The summed E-state index contributed by atoms with van der Waals surface area (Å²) in [4.78, 5) is 23.6. The minimum Gasteiger partial charge on any atom is -0.431 e. The van der Waals surface area contributed by atoms with Crippen molar-refractivity contribution >= 4 is 12.3 Å². The maximum atomic E-state index is 11.8. The molecule has 0 aromatic heterocycles. The summed E-state index contributed by atoms with van der Waals surface area (Å²) < 4.78 is 21.0. The van der Waals surface area contributed by atoms with Crippen LogP contribution in [0.25, 0.3) is 0 Å².